The number of aliphatic hydroxyl groups is 1. The minimum atomic E-state index is -0.637. The van der Waals surface area contributed by atoms with Gasteiger partial charge in [-0.25, -0.2) is 4.39 Å². The van der Waals surface area contributed by atoms with Crippen molar-refractivity contribution < 1.29 is 19.0 Å². The van der Waals surface area contributed by atoms with Crippen LogP contribution in [0.25, 0.3) is 0 Å². The first-order valence-corrected chi connectivity index (χ1v) is 6.89. The number of ether oxygens (including phenoxy) is 1. The lowest BCUT2D eigenvalue weighted by Crippen LogP contribution is -2.04. The first kappa shape index (κ1) is 13.8. The number of hydrogen-bond acceptors (Lipinski definition) is 3. The van der Waals surface area contributed by atoms with E-state index in [1.54, 1.807) is 0 Å². The molecule has 3 rings (SSSR count). The van der Waals surface area contributed by atoms with Crippen LogP contribution in [0.15, 0.2) is 42.5 Å². The molecular formula is C17H15FO3. The number of Topliss-reactive ketones (excluding diaryl/α,β-unsaturated/α-hetero) is 1. The quantitative estimate of drug-likeness (QED) is 0.853. The molecule has 0 radical (unpaired) electrons. The average Bonchev–Trinajstić information content (AvgIpc) is 3.34. The van der Waals surface area contributed by atoms with Crippen molar-refractivity contribution in [3.63, 3.8) is 0 Å². The first-order chi connectivity index (χ1) is 10.2. The monoisotopic (exact) mass is 286 g/mol. The van der Waals surface area contributed by atoms with E-state index in [0.29, 0.717) is 11.7 Å². The minimum absolute atomic E-state index is 0.0589. The molecule has 1 fully saturated rings. The Balaban J connectivity index is 1.76. The number of halogens is 1. The van der Waals surface area contributed by atoms with Crippen molar-refractivity contribution in [3.05, 3.63) is 59.4 Å². The number of carbonyl (C=O) groups is 1. The molecule has 0 atom stereocenters. The maximum Gasteiger partial charge on any atom is 0.188 e. The van der Waals surface area contributed by atoms with E-state index in [0.717, 1.165) is 6.07 Å². The van der Waals surface area contributed by atoms with E-state index >= 15 is 0 Å². The summed E-state index contributed by atoms with van der Waals surface area (Å²) in [5, 5.41) is 8.76. The molecule has 108 valence electrons. The molecule has 0 bridgehead atoms. The maximum atomic E-state index is 13.9. The summed E-state index contributed by atoms with van der Waals surface area (Å²) in [6, 6.07) is 11.5. The molecule has 2 aromatic carbocycles. The summed E-state index contributed by atoms with van der Waals surface area (Å²) in [4.78, 5) is 11.3. The molecule has 4 heteroatoms. The predicted octanol–water partition coefficient (Wildman–Crippen LogP) is 3.67. The van der Waals surface area contributed by atoms with E-state index in [1.807, 2.05) is 24.3 Å². The van der Waals surface area contributed by atoms with Crippen LogP contribution in [0.5, 0.6) is 11.5 Å². The molecule has 3 nitrogen and oxygen atoms in total. The lowest BCUT2D eigenvalue weighted by Gasteiger charge is -2.08. The summed E-state index contributed by atoms with van der Waals surface area (Å²) in [6.07, 6.45) is 2.46. The van der Waals surface area contributed by atoms with Crippen LogP contribution < -0.4 is 4.74 Å². The molecule has 0 heterocycles. The zero-order valence-electron chi connectivity index (χ0n) is 11.4. The fourth-order valence-electron chi connectivity index (χ4n) is 2.20. The van der Waals surface area contributed by atoms with Crippen molar-refractivity contribution in [3.8, 4) is 11.5 Å². The molecule has 0 saturated heterocycles. The first-order valence-electron chi connectivity index (χ1n) is 6.89. The molecule has 0 spiro atoms. The Morgan fingerprint density at radius 1 is 1.19 bits per heavy atom. The van der Waals surface area contributed by atoms with Crippen LogP contribution in [-0.2, 0) is 0 Å². The van der Waals surface area contributed by atoms with Crippen molar-refractivity contribution in [2.45, 2.75) is 18.8 Å². The Bertz CT molecular complexity index is 660. The second kappa shape index (κ2) is 5.66. The minimum Gasteiger partial charge on any atom is -0.454 e. The van der Waals surface area contributed by atoms with Gasteiger partial charge in [-0.1, -0.05) is 12.1 Å². The van der Waals surface area contributed by atoms with Gasteiger partial charge in [-0.05, 0) is 54.7 Å². The predicted molar refractivity (Wildman–Crippen MR) is 76.3 cm³/mol. The van der Waals surface area contributed by atoms with Crippen molar-refractivity contribution in [2.75, 3.05) is 6.61 Å². The van der Waals surface area contributed by atoms with E-state index in [2.05, 4.69) is 0 Å². The van der Waals surface area contributed by atoms with Crippen LogP contribution in [0.4, 0.5) is 4.39 Å². The van der Waals surface area contributed by atoms with E-state index in [9.17, 15) is 9.18 Å². The number of benzene rings is 2. The maximum absolute atomic E-state index is 13.9. The zero-order chi connectivity index (χ0) is 14.8. The highest BCUT2D eigenvalue weighted by Crippen LogP contribution is 2.40. The molecule has 1 aliphatic rings. The van der Waals surface area contributed by atoms with Gasteiger partial charge in [-0.15, -0.1) is 0 Å². The molecule has 1 aliphatic carbocycles. The second-order valence-electron chi connectivity index (χ2n) is 5.17. The summed E-state index contributed by atoms with van der Waals surface area (Å²) >= 11 is 0. The molecule has 1 saturated carbocycles. The summed E-state index contributed by atoms with van der Waals surface area (Å²) in [7, 11) is 0. The SMILES string of the molecule is O=C(CO)c1ccc(Oc2ccc(C3CC3)cc2)c(F)c1. The van der Waals surface area contributed by atoms with E-state index < -0.39 is 18.2 Å². The summed E-state index contributed by atoms with van der Waals surface area (Å²) < 4.78 is 19.4. The molecule has 0 aliphatic heterocycles. The Labute approximate surface area is 122 Å². The molecule has 0 amide bonds. The van der Waals surface area contributed by atoms with Gasteiger partial charge >= 0.3 is 0 Å². The van der Waals surface area contributed by atoms with E-state index in [1.165, 1.54) is 30.5 Å². The zero-order valence-corrected chi connectivity index (χ0v) is 11.4. The molecular weight excluding hydrogens is 271 g/mol. The van der Waals surface area contributed by atoms with Gasteiger partial charge in [-0.3, -0.25) is 4.79 Å². The summed E-state index contributed by atoms with van der Waals surface area (Å²) in [5.74, 6) is 0.137. The summed E-state index contributed by atoms with van der Waals surface area (Å²) in [5.41, 5.74) is 1.41. The Hall–Kier alpha value is -2.20. The van der Waals surface area contributed by atoms with E-state index in [4.69, 9.17) is 9.84 Å². The standard InChI is InChI=1S/C17H15FO3/c18-15-9-13(16(20)10-19)5-8-17(15)21-14-6-3-12(4-7-14)11-1-2-11/h3-9,11,19H,1-2,10H2. The van der Waals surface area contributed by atoms with Gasteiger partial charge in [-0.2, -0.15) is 0 Å². The van der Waals surface area contributed by atoms with Crippen LogP contribution >= 0.6 is 0 Å². The summed E-state index contributed by atoms with van der Waals surface area (Å²) in [6.45, 7) is -0.637. The second-order valence-corrected chi connectivity index (χ2v) is 5.17. The normalized spacial score (nSPS) is 14.0. The lowest BCUT2D eigenvalue weighted by molar-refractivity contribution is 0.0903. The molecule has 1 N–H and O–H groups in total. The fraction of sp³-hybridized carbons (Fsp3) is 0.235. The van der Waals surface area contributed by atoms with Crippen molar-refractivity contribution in [1.29, 1.82) is 0 Å². The van der Waals surface area contributed by atoms with Gasteiger partial charge in [0.05, 0.1) is 0 Å². The topological polar surface area (TPSA) is 46.5 Å². The van der Waals surface area contributed by atoms with Crippen LogP contribution in [0, 0.1) is 5.82 Å². The molecule has 0 unspecified atom stereocenters. The smallest absolute Gasteiger partial charge is 0.188 e. The molecule has 21 heavy (non-hydrogen) atoms. The largest absolute Gasteiger partial charge is 0.454 e. The van der Waals surface area contributed by atoms with Gasteiger partial charge in [0.1, 0.15) is 12.4 Å². The van der Waals surface area contributed by atoms with Gasteiger partial charge in [0.25, 0.3) is 0 Å². The number of ketones is 1. The van der Waals surface area contributed by atoms with Gasteiger partial charge in [0, 0.05) is 5.56 Å². The third-order valence-corrected chi connectivity index (χ3v) is 3.55. The molecule has 0 aromatic heterocycles. The third-order valence-electron chi connectivity index (χ3n) is 3.55. The van der Waals surface area contributed by atoms with Crippen molar-refractivity contribution in [1.82, 2.24) is 0 Å². The number of rotatable bonds is 5. The third kappa shape index (κ3) is 3.11. The van der Waals surface area contributed by atoms with Crippen LogP contribution in [-0.4, -0.2) is 17.5 Å². The Morgan fingerprint density at radius 3 is 2.48 bits per heavy atom. The number of carbonyl (C=O) groups excluding carboxylic acids is 1. The number of hydrogen-bond donors (Lipinski definition) is 1. The van der Waals surface area contributed by atoms with Crippen molar-refractivity contribution >= 4 is 5.78 Å². The highest BCUT2D eigenvalue weighted by atomic mass is 19.1. The Morgan fingerprint density at radius 2 is 1.90 bits per heavy atom. The van der Waals surface area contributed by atoms with Crippen LogP contribution in [0.2, 0.25) is 0 Å². The van der Waals surface area contributed by atoms with Crippen LogP contribution in [0.3, 0.4) is 0 Å². The molecule has 2 aromatic rings. The van der Waals surface area contributed by atoms with Gasteiger partial charge in [0.2, 0.25) is 0 Å². The number of aliphatic hydroxyl groups excluding tert-OH is 1. The highest BCUT2D eigenvalue weighted by Gasteiger charge is 2.23. The Kier molecular flexibility index (Phi) is 3.71. The lowest BCUT2D eigenvalue weighted by atomic mass is 10.1. The van der Waals surface area contributed by atoms with Gasteiger partial charge in [0.15, 0.2) is 17.3 Å². The van der Waals surface area contributed by atoms with Crippen molar-refractivity contribution in [2.24, 2.45) is 0 Å². The fourth-order valence-corrected chi connectivity index (χ4v) is 2.20. The van der Waals surface area contributed by atoms with E-state index in [-0.39, 0.29) is 11.3 Å². The van der Waals surface area contributed by atoms with Crippen LogP contribution in [0.1, 0.15) is 34.7 Å². The average molecular weight is 286 g/mol. The van der Waals surface area contributed by atoms with Gasteiger partial charge < -0.3 is 9.84 Å². The highest BCUT2D eigenvalue weighted by molar-refractivity contribution is 5.97.